The first-order valence-electron chi connectivity index (χ1n) is 6.36. The van der Waals surface area contributed by atoms with Crippen LogP contribution >= 0.6 is 15.9 Å². The van der Waals surface area contributed by atoms with Crippen LogP contribution in [0, 0.1) is 12.8 Å². The summed E-state index contributed by atoms with van der Waals surface area (Å²) in [7, 11) is 1.77. The molecule has 0 bridgehead atoms. The Morgan fingerprint density at radius 1 is 1.18 bits per heavy atom. The molecule has 1 aromatic carbocycles. The summed E-state index contributed by atoms with van der Waals surface area (Å²) in [6, 6.07) is 8.90. The average molecular weight is 299 g/mol. The van der Waals surface area contributed by atoms with E-state index in [9.17, 15) is 0 Å². The van der Waals surface area contributed by atoms with Crippen molar-refractivity contribution in [1.82, 2.24) is 0 Å². The highest BCUT2D eigenvalue weighted by Crippen LogP contribution is 2.18. The van der Waals surface area contributed by atoms with Gasteiger partial charge in [0.1, 0.15) is 0 Å². The van der Waals surface area contributed by atoms with E-state index < -0.39 is 0 Å². The van der Waals surface area contributed by atoms with Gasteiger partial charge in [-0.2, -0.15) is 0 Å². The Morgan fingerprint density at radius 3 is 2.47 bits per heavy atom. The highest BCUT2D eigenvalue weighted by Gasteiger charge is 2.08. The Morgan fingerprint density at radius 2 is 1.88 bits per heavy atom. The molecule has 2 heteroatoms. The standard InChI is InChI=1S/C15H23BrO/c1-13-6-8-14(9-7-13)11-15(12-16)5-3-4-10-17-2/h6-9,15H,3-5,10-12H2,1-2H3. The zero-order chi connectivity index (χ0) is 12.5. The van der Waals surface area contributed by atoms with E-state index in [1.54, 1.807) is 7.11 Å². The maximum Gasteiger partial charge on any atom is 0.0462 e. The number of alkyl halides is 1. The van der Waals surface area contributed by atoms with Gasteiger partial charge in [0, 0.05) is 19.0 Å². The molecular formula is C15H23BrO. The predicted molar refractivity (Wildman–Crippen MR) is 77.9 cm³/mol. The molecule has 0 aliphatic rings. The molecule has 1 aromatic rings. The minimum Gasteiger partial charge on any atom is -0.385 e. The number of methoxy groups -OCH3 is 1. The molecule has 1 rings (SSSR count). The highest BCUT2D eigenvalue weighted by atomic mass is 79.9. The smallest absolute Gasteiger partial charge is 0.0462 e. The Hall–Kier alpha value is -0.340. The van der Waals surface area contributed by atoms with Gasteiger partial charge in [0.2, 0.25) is 0 Å². The molecule has 17 heavy (non-hydrogen) atoms. The lowest BCUT2D eigenvalue weighted by molar-refractivity contribution is 0.190. The molecule has 1 unspecified atom stereocenters. The molecule has 0 aliphatic carbocycles. The second-order valence-electron chi connectivity index (χ2n) is 4.70. The topological polar surface area (TPSA) is 9.23 Å². The van der Waals surface area contributed by atoms with Crippen molar-refractivity contribution in [3.8, 4) is 0 Å². The molecule has 0 heterocycles. The molecule has 0 amide bonds. The van der Waals surface area contributed by atoms with Crippen LogP contribution in [0.4, 0.5) is 0 Å². The first-order valence-corrected chi connectivity index (χ1v) is 7.49. The van der Waals surface area contributed by atoms with Crippen molar-refractivity contribution in [3.63, 3.8) is 0 Å². The lowest BCUT2D eigenvalue weighted by Crippen LogP contribution is -2.07. The van der Waals surface area contributed by atoms with E-state index in [4.69, 9.17) is 4.74 Å². The van der Waals surface area contributed by atoms with Gasteiger partial charge in [-0.15, -0.1) is 0 Å². The summed E-state index contributed by atoms with van der Waals surface area (Å²) in [5, 5.41) is 1.09. The number of aryl methyl sites for hydroxylation is 1. The van der Waals surface area contributed by atoms with E-state index in [0.717, 1.165) is 17.9 Å². The number of ether oxygens (including phenoxy) is 1. The van der Waals surface area contributed by atoms with Crippen molar-refractivity contribution in [3.05, 3.63) is 35.4 Å². The Kier molecular flexibility index (Phi) is 7.54. The molecule has 0 aliphatic heterocycles. The van der Waals surface area contributed by atoms with Gasteiger partial charge in [-0.1, -0.05) is 52.2 Å². The van der Waals surface area contributed by atoms with Crippen molar-refractivity contribution in [1.29, 1.82) is 0 Å². The predicted octanol–water partition coefficient (Wildman–Crippen LogP) is 4.37. The van der Waals surface area contributed by atoms with Crippen molar-refractivity contribution >= 4 is 15.9 Å². The second-order valence-corrected chi connectivity index (χ2v) is 5.35. The van der Waals surface area contributed by atoms with Crippen LogP contribution in [-0.4, -0.2) is 19.0 Å². The Balaban J connectivity index is 2.33. The zero-order valence-electron chi connectivity index (χ0n) is 10.9. The summed E-state index contributed by atoms with van der Waals surface area (Å²) in [4.78, 5) is 0. The van der Waals surface area contributed by atoms with Crippen LogP contribution < -0.4 is 0 Å². The number of halogens is 1. The quantitative estimate of drug-likeness (QED) is 0.512. The van der Waals surface area contributed by atoms with E-state index in [1.807, 2.05) is 0 Å². The molecule has 0 aromatic heterocycles. The lowest BCUT2D eigenvalue weighted by Gasteiger charge is -2.14. The summed E-state index contributed by atoms with van der Waals surface area (Å²) < 4.78 is 5.08. The number of unbranched alkanes of at least 4 members (excludes halogenated alkanes) is 1. The van der Waals surface area contributed by atoms with Gasteiger partial charge in [0.25, 0.3) is 0 Å². The van der Waals surface area contributed by atoms with E-state index in [0.29, 0.717) is 0 Å². The normalized spacial score (nSPS) is 12.6. The monoisotopic (exact) mass is 298 g/mol. The van der Waals surface area contributed by atoms with Gasteiger partial charge in [0.05, 0.1) is 0 Å². The number of hydrogen-bond acceptors (Lipinski definition) is 1. The van der Waals surface area contributed by atoms with Gasteiger partial charge in [-0.3, -0.25) is 0 Å². The third-order valence-electron chi connectivity index (χ3n) is 3.07. The minimum absolute atomic E-state index is 0.745. The summed E-state index contributed by atoms with van der Waals surface area (Å²) in [6.07, 6.45) is 4.89. The van der Waals surface area contributed by atoms with Gasteiger partial charge >= 0.3 is 0 Å². The SMILES string of the molecule is COCCCCC(CBr)Cc1ccc(C)cc1. The van der Waals surface area contributed by atoms with Crippen LogP contribution in [0.5, 0.6) is 0 Å². The van der Waals surface area contributed by atoms with E-state index >= 15 is 0 Å². The van der Waals surface area contributed by atoms with E-state index in [1.165, 1.54) is 36.8 Å². The largest absolute Gasteiger partial charge is 0.385 e. The van der Waals surface area contributed by atoms with Gasteiger partial charge < -0.3 is 4.74 Å². The molecule has 0 saturated carbocycles. The number of benzene rings is 1. The fourth-order valence-corrected chi connectivity index (χ4v) is 2.52. The third kappa shape index (κ3) is 6.23. The van der Waals surface area contributed by atoms with Gasteiger partial charge in [-0.25, -0.2) is 0 Å². The molecule has 0 fully saturated rings. The average Bonchev–Trinajstić information content (AvgIpc) is 2.35. The molecule has 0 radical (unpaired) electrons. The van der Waals surface area contributed by atoms with Crippen LogP contribution in [0.25, 0.3) is 0 Å². The first kappa shape index (κ1) is 14.7. The van der Waals surface area contributed by atoms with Crippen LogP contribution in [0.2, 0.25) is 0 Å². The summed E-state index contributed by atoms with van der Waals surface area (Å²) in [6.45, 7) is 3.02. The van der Waals surface area contributed by atoms with Gasteiger partial charge in [0.15, 0.2) is 0 Å². The summed E-state index contributed by atoms with van der Waals surface area (Å²) >= 11 is 3.63. The number of hydrogen-bond donors (Lipinski definition) is 0. The van der Waals surface area contributed by atoms with Crippen molar-refractivity contribution in [2.75, 3.05) is 19.0 Å². The van der Waals surface area contributed by atoms with E-state index in [-0.39, 0.29) is 0 Å². The zero-order valence-corrected chi connectivity index (χ0v) is 12.5. The Bertz CT molecular complexity index is 294. The molecule has 1 nitrogen and oxygen atoms in total. The van der Waals surface area contributed by atoms with Crippen molar-refractivity contribution in [2.45, 2.75) is 32.6 Å². The first-order chi connectivity index (χ1) is 8.26. The molecular weight excluding hydrogens is 276 g/mol. The maximum absolute atomic E-state index is 5.08. The van der Waals surface area contributed by atoms with Crippen LogP contribution in [0.15, 0.2) is 24.3 Å². The van der Waals surface area contributed by atoms with Crippen LogP contribution in [0.1, 0.15) is 30.4 Å². The third-order valence-corrected chi connectivity index (χ3v) is 3.99. The molecule has 0 saturated heterocycles. The van der Waals surface area contributed by atoms with Crippen LogP contribution in [0.3, 0.4) is 0 Å². The highest BCUT2D eigenvalue weighted by molar-refractivity contribution is 9.09. The van der Waals surface area contributed by atoms with Crippen LogP contribution in [-0.2, 0) is 11.2 Å². The van der Waals surface area contributed by atoms with Crippen molar-refractivity contribution < 1.29 is 4.74 Å². The number of rotatable bonds is 8. The van der Waals surface area contributed by atoms with Crippen molar-refractivity contribution in [2.24, 2.45) is 5.92 Å². The summed E-state index contributed by atoms with van der Waals surface area (Å²) in [5.41, 5.74) is 2.79. The fraction of sp³-hybridized carbons (Fsp3) is 0.600. The lowest BCUT2D eigenvalue weighted by atomic mass is 9.95. The molecule has 0 spiro atoms. The van der Waals surface area contributed by atoms with E-state index in [2.05, 4.69) is 47.1 Å². The molecule has 0 N–H and O–H groups in total. The van der Waals surface area contributed by atoms with Gasteiger partial charge in [-0.05, 0) is 37.7 Å². The minimum atomic E-state index is 0.745. The maximum atomic E-state index is 5.08. The summed E-state index contributed by atoms with van der Waals surface area (Å²) in [5.74, 6) is 0.745. The second kappa shape index (κ2) is 8.71. The Labute approximate surface area is 114 Å². The fourth-order valence-electron chi connectivity index (χ4n) is 1.97. The molecule has 96 valence electrons. The molecule has 1 atom stereocenters.